The van der Waals surface area contributed by atoms with Gasteiger partial charge >= 0.3 is 0 Å². The Labute approximate surface area is 202 Å². The summed E-state index contributed by atoms with van der Waals surface area (Å²) in [5, 5.41) is 23.6. The molecule has 0 fully saturated rings. The lowest BCUT2D eigenvalue weighted by Gasteiger charge is -2.25. The number of nitrogens with one attached hydrogen (secondary N) is 2. The van der Waals surface area contributed by atoms with Crippen LogP contribution in [0.2, 0.25) is 0 Å². The smallest absolute Gasteiger partial charge is 0.256 e. The van der Waals surface area contributed by atoms with Crippen LogP contribution in [0.3, 0.4) is 0 Å². The van der Waals surface area contributed by atoms with Crippen molar-refractivity contribution in [2.75, 3.05) is 38.5 Å². The number of sulfonamides is 1. The zero-order valence-corrected chi connectivity index (χ0v) is 20.4. The summed E-state index contributed by atoms with van der Waals surface area (Å²) >= 11 is 1.37. The van der Waals surface area contributed by atoms with Gasteiger partial charge in [-0.15, -0.1) is 11.3 Å². The van der Waals surface area contributed by atoms with Crippen molar-refractivity contribution in [2.24, 2.45) is 0 Å². The van der Waals surface area contributed by atoms with E-state index in [9.17, 15) is 18.0 Å². The fourth-order valence-electron chi connectivity index (χ4n) is 3.67. The fourth-order valence-corrected chi connectivity index (χ4v) is 6.18. The van der Waals surface area contributed by atoms with Crippen molar-refractivity contribution in [2.45, 2.75) is 24.8 Å². The molecule has 1 aliphatic heterocycles. The summed E-state index contributed by atoms with van der Waals surface area (Å²) in [5.74, 6) is -0.750. The van der Waals surface area contributed by atoms with Gasteiger partial charge in [0.25, 0.3) is 11.8 Å². The highest BCUT2D eigenvalue weighted by Gasteiger charge is 2.28. The molecule has 178 valence electrons. The second-order valence-electron chi connectivity index (χ2n) is 7.47. The summed E-state index contributed by atoms with van der Waals surface area (Å²) in [6, 6.07) is 8.67. The SMILES string of the molecule is CCN1CCc2c(sc(NC(=O)c3ccc(S(=O)(=O)N(CC#N)CC#N)cc3)c2C(=O)NC)C1. The molecule has 2 heterocycles. The molecule has 3 rings (SSSR count). The Hall–Kier alpha value is -3.29. The largest absolute Gasteiger partial charge is 0.355 e. The topological polar surface area (TPSA) is 146 Å². The van der Waals surface area contributed by atoms with Crippen molar-refractivity contribution in [3.63, 3.8) is 0 Å². The number of rotatable bonds is 8. The standard InChI is InChI=1S/C22H24N6O4S2/c1-3-27-11-8-17-18(14-27)33-22(19(17)21(30)25-2)26-20(29)15-4-6-16(7-5-15)34(31,32)28(12-9-23)13-10-24/h4-7H,3,8,11-14H2,1-2H3,(H,25,30)(H,26,29). The van der Waals surface area contributed by atoms with E-state index in [1.54, 1.807) is 19.2 Å². The van der Waals surface area contributed by atoms with Gasteiger partial charge in [0.1, 0.15) is 18.1 Å². The van der Waals surface area contributed by atoms with Crippen LogP contribution in [0.5, 0.6) is 0 Å². The molecule has 0 spiro atoms. The van der Waals surface area contributed by atoms with Crippen LogP contribution in [0.4, 0.5) is 5.00 Å². The third-order valence-corrected chi connectivity index (χ3v) is 8.45. The maximum absolute atomic E-state index is 12.9. The highest BCUT2D eigenvalue weighted by molar-refractivity contribution is 7.89. The van der Waals surface area contributed by atoms with E-state index in [4.69, 9.17) is 10.5 Å². The third kappa shape index (κ3) is 5.11. The number of thiophene rings is 1. The highest BCUT2D eigenvalue weighted by Crippen LogP contribution is 2.37. The molecule has 2 aromatic rings. The molecule has 0 aliphatic carbocycles. The molecule has 34 heavy (non-hydrogen) atoms. The van der Waals surface area contributed by atoms with Crippen molar-refractivity contribution in [1.82, 2.24) is 14.5 Å². The van der Waals surface area contributed by atoms with Crippen LogP contribution in [0.1, 0.15) is 38.1 Å². The monoisotopic (exact) mass is 500 g/mol. The number of hydrogen-bond acceptors (Lipinski definition) is 8. The number of nitrogens with zero attached hydrogens (tertiary/aromatic N) is 4. The lowest BCUT2D eigenvalue weighted by molar-refractivity contribution is 0.0962. The van der Waals surface area contributed by atoms with Crippen molar-refractivity contribution in [3.8, 4) is 12.1 Å². The van der Waals surface area contributed by atoms with Crippen LogP contribution in [-0.2, 0) is 23.0 Å². The number of carbonyl (C=O) groups is 2. The molecule has 2 N–H and O–H groups in total. The van der Waals surface area contributed by atoms with E-state index < -0.39 is 29.0 Å². The van der Waals surface area contributed by atoms with E-state index in [0.29, 0.717) is 23.5 Å². The average Bonchev–Trinajstić information content (AvgIpc) is 3.20. The number of fused-ring (bicyclic) bond motifs is 1. The van der Waals surface area contributed by atoms with Gasteiger partial charge in [-0.1, -0.05) is 6.92 Å². The van der Waals surface area contributed by atoms with Gasteiger partial charge in [0, 0.05) is 30.6 Å². The van der Waals surface area contributed by atoms with E-state index in [2.05, 4.69) is 22.5 Å². The predicted octanol–water partition coefficient (Wildman–Crippen LogP) is 1.78. The molecule has 10 nitrogen and oxygen atoms in total. The predicted molar refractivity (Wildman–Crippen MR) is 127 cm³/mol. The summed E-state index contributed by atoms with van der Waals surface area (Å²) < 4.78 is 26.1. The Morgan fingerprint density at radius 1 is 1.15 bits per heavy atom. The van der Waals surface area contributed by atoms with Gasteiger partial charge in [0.2, 0.25) is 10.0 Å². The maximum atomic E-state index is 12.9. The van der Waals surface area contributed by atoms with Crippen molar-refractivity contribution in [1.29, 1.82) is 10.5 Å². The first-order chi connectivity index (χ1) is 16.3. The van der Waals surface area contributed by atoms with Gasteiger partial charge in [0.05, 0.1) is 22.6 Å². The molecule has 2 amide bonds. The van der Waals surface area contributed by atoms with Crippen molar-refractivity contribution < 1.29 is 18.0 Å². The van der Waals surface area contributed by atoms with Crippen LogP contribution in [0.25, 0.3) is 0 Å². The summed E-state index contributed by atoms with van der Waals surface area (Å²) in [7, 11) is -2.51. The van der Waals surface area contributed by atoms with Crippen LogP contribution >= 0.6 is 11.3 Å². The van der Waals surface area contributed by atoms with E-state index >= 15 is 0 Å². The van der Waals surface area contributed by atoms with E-state index in [-0.39, 0.29) is 16.4 Å². The van der Waals surface area contributed by atoms with Crippen molar-refractivity contribution >= 4 is 38.2 Å². The zero-order valence-electron chi connectivity index (χ0n) is 18.8. The number of nitriles is 2. The molecule has 0 bridgehead atoms. The summed E-state index contributed by atoms with van der Waals surface area (Å²) in [5.41, 5.74) is 1.62. The molecule has 0 saturated carbocycles. The molecule has 1 aromatic carbocycles. The van der Waals surface area contributed by atoms with E-state index in [1.165, 1.54) is 35.6 Å². The van der Waals surface area contributed by atoms with Gasteiger partial charge in [0.15, 0.2) is 0 Å². The molecule has 0 radical (unpaired) electrons. The lowest BCUT2D eigenvalue weighted by atomic mass is 10.0. The Balaban J connectivity index is 1.86. The third-order valence-electron chi connectivity index (χ3n) is 5.51. The Kier molecular flexibility index (Phi) is 8.02. The summed E-state index contributed by atoms with van der Waals surface area (Å²) in [6.45, 7) is 3.60. The first-order valence-electron chi connectivity index (χ1n) is 10.5. The minimum Gasteiger partial charge on any atom is -0.355 e. The number of benzene rings is 1. The molecular weight excluding hydrogens is 476 g/mol. The summed E-state index contributed by atoms with van der Waals surface area (Å²) in [4.78, 5) is 28.7. The van der Waals surface area contributed by atoms with Crippen LogP contribution in [-0.4, -0.2) is 62.7 Å². The number of hydrogen-bond donors (Lipinski definition) is 2. The van der Waals surface area contributed by atoms with Crippen LogP contribution in [0, 0.1) is 22.7 Å². The second kappa shape index (κ2) is 10.8. The first kappa shape index (κ1) is 25.3. The van der Waals surface area contributed by atoms with Crippen molar-refractivity contribution in [3.05, 3.63) is 45.8 Å². The Morgan fingerprint density at radius 3 is 2.35 bits per heavy atom. The van der Waals surface area contributed by atoms with Gasteiger partial charge < -0.3 is 10.6 Å². The van der Waals surface area contributed by atoms with Crippen LogP contribution in [0.15, 0.2) is 29.2 Å². The maximum Gasteiger partial charge on any atom is 0.256 e. The van der Waals surface area contributed by atoms with E-state index in [0.717, 1.165) is 27.8 Å². The van der Waals surface area contributed by atoms with Gasteiger partial charge in [-0.3, -0.25) is 14.5 Å². The lowest BCUT2D eigenvalue weighted by Crippen LogP contribution is -2.31. The Bertz CT molecular complexity index is 1260. The quantitative estimate of drug-likeness (QED) is 0.525. The molecule has 0 atom stereocenters. The first-order valence-corrected chi connectivity index (χ1v) is 12.8. The summed E-state index contributed by atoms with van der Waals surface area (Å²) in [6.07, 6.45) is 0.715. The Morgan fingerprint density at radius 2 is 1.79 bits per heavy atom. The normalized spacial score (nSPS) is 13.6. The van der Waals surface area contributed by atoms with Gasteiger partial charge in [-0.2, -0.15) is 14.8 Å². The molecule has 0 unspecified atom stereocenters. The second-order valence-corrected chi connectivity index (χ2v) is 10.5. The average molecular weight is 501 g/mol. The molecule has 1 aliphatic rings. The van der Waals surface area contributed by atoms with Gasteiger partial charge in [-0.25, -0.2) is 8.42 Å². The number of likely N-dealkylation sites (N-methyl/N-ethyl adjacent to an activating group) is 1. The number of anilines is 1. The molecule has 0 saturated heterocycles. The fraction of sp³-hybridized carbons (Fsp3) is 0.364. The van der Waals surface area contributed by atoms with E-state index in [1.807, 2.05) is 0 Å². The zero-order chi connectivity index (χ0) is 24.9. The minimum absolute atomic E-state index is 0.133. The molecule has 12 heteroatoms. The molecule has 1 aromatic heterocycles. The molecular formula is C22H24N6O4S2. The van der Waals surface area contributed by atoms with Crippen LogP contribution < -0.4 is 10.6 Å². The highest BCUT2D eigenvalue weighted by atomic mass is 32.2. The minimum atomic E-state index is -4.06. The number of amides is 2. The number of carbonyl (C=O) groups excluding carboxylic acids is 2. The van der Waals surface area contributed by atoms with Gasteiger partial charge in [-0.05, 0) is 42.8 Å².